The second kappa shape index (κ2) is 14.0. The molecule has 3 atom stereocenters. The van der Waals surface area contributed by atoms with E-state index >= 15 is 0 Å². The summed E-state index contributed by atoms with van der Waals surface area (Å²) in [6, 6.07) is 24.7. The van der Waals surface area contributed by atoms with Gasteiger partial charge in [0.2, 0.25) is 0 Å². The standard InChI is InChI=1S/C42H38N6O6/c1-51-37-15-32-35(44-19-30-13-25-7-3-4-8-26(25)21-47(30)41(32)49)17-39(37)53-23-28-10-5-11-29(46-28)24-54-40-18-36-33(16-38(40)52-2)42(50)48-22-27-9-6-12-43-34(27)14-31(48)20-45-36/h3-12,15-20,30-31,41,49H,13-14,21-24H2,1-2H3/t30?,31-,41?/m0/s1. The minimum atomic E-state index is -0.856. The molecule has 9 rings (SSSR count). The van der Waals surface area contributed by atoms with Gasteiger partial charge in [-0.2, -0.15) is 0 Å². The Hall–Kier alpha value is -6.11. The lowest BCUT2D eigenvalue weighted by Crippen LogP contribution is -2.44. The zero-order chi connectivity index (χ0) is 36.8. The van der Waals surface area contributed by atoms with Crippen LogP contribution in [0, 0.1) is 0 Å². The van der Waals surface area contributed by atoms with Crippen molar-refractivity contribution in [3.8, 4) is 23.0 Å². The molecule has 12 heteroatoms. The van der Waals surface area contributed by atoms with Crippen LogP contribution in [0.4, 0.5) is 11.4 Å². The van der Waals surface area contributed by atoms with Gasteiger partial charge in [0.1, 0.15) is 19.4 Å². The molecule has 0 aliphatic carbocycles. The molecule has 272 valence electrons. The first-order valence-electron chi connectivity index (χ1n) is 17.9. The smallest absolute Gasteiger partial charge is 0.257 e. The van der Waals surface area contributed by atoms with E-state index in [9.17, 15) is 9.90 Å². The van der Waals surface area contributed by atoms with Gasteiger partial charge in [0, 0.05) is 61.5 Å². The van der Waals surface area contributed by atoms with Gasteiger partial charge in [0.05, 0.1) is 54.6 Å². The number of hydrogen-bond acceptors (Lipinski definition) is 11. The number of carbonyl (C=O) groups is 1. The summed E-state index contributed by atoms with van der Waals surface area (Å²) in [4.78, 5) is 36.4. The number of carbonyl (C=O) groups excluding carboxylic acids is 1. The van der Waals surface area contributed by atoms with Gasteiger partial charge in [-0.05, 0) is 53.4 Å². The molecule has 2 aromatic heterocycles. The van der Waals surface area contributed by atoms with Crippen LogP contribution < -0.4 is 18.9 Å². The normalized spacial score (nSPS) is 19.6. The molecule has 0 spiro atoms. The number of benzene rings is 3. The number of ether oxygens (including phenoxy) is 4. The molecule has 4 aliphatic heterocycles. The lowest BCUT2D eigenvalue weighted by Gasteiger charge is -2.37. The maximum Gasteiger partial charge on any atom is 0.257 e. The van der Waals surface area contributed by atoms with Crippen LogP contribution in [0.5, 0.6) is 23.0 Å². The molecule has 6 heterocycles. The molecule has 0 bridgehead atoms. The number of hydrogen-bond donors (Lipinski definition) is 1. The molecule has 0 saturated heterocycles. The van der Waals surface area contributed by atoms with Gasteiger partial charge in [-0.1, -0.05) is 36.4 Å². The first-order valence-corrected chi connectivity index (χ1v) is 17.9. The molecule has 12 nitrogen and oxygen atoms in total. The average Bonchev–Trinajstić information content (AvgIpc) is 3.42. The van der Waals surface area contributed by atoms with Crippen molar-refractivity contribution in [2.24, 2.45) is 9.98 Å². The van der Waals surface area contributed by atoms with Gasteiger partial charge < -0.3 is 29.0 Å². The van der Waals surface area contributed by atoms with E-state index in [2.05, 4.69) is 22.0 Å². The second-order valence-electron chi connectivity index (χ2n) is 13.7. The number of aliphatic hydroxyl groups excluding tert-OH is 1. The molecule has 2 unspecified atom stereocenters. The third-order valence-corrected chi connectivity index (χ3v) is 10.5. The highest BCUT2D eigenvalue weighted by atomic mass is 16.5. The molecule has 4 aliphatic rings. The lowest BCUT2D eigenvalue weighted by molar-refractivity contribution is -0.0197. The molecule has 0 saturated carbocycles. The second-order valence-corrected chi connectivity index (χ2v) is 13.7. The van der Waals surface area contributed by atoms with Gasteiger partial charge in [0.15, 0.2) is 23.0 Å². The number of nitrogens with zero attached hydrogens (tertiary/aromatic N) is 6. The van der Waals surface area contributed by atoms with E-state index in [-0.39, 0.29) is 31.2 Å². The van der Waals surface area contributed by atoms with E-state index in [1.807, 2.05) is 65.9 Å². The topological polar surface area (TPSA) is 131 Å². The SMILES string of the molecule is COc1cc2c(cc1OCc1cccc(COc3cc4c(cc3OC)C(O)N3Cc5ccccc5CC3C=N4)n1)N=C[C@@H]1Cc3ncccc3CN1C2=O. The average molecular weight is 723 g/mol. The van der Waals surface area contributed by atoms with Gasteiger partial charge in [-0.15, -0.1) is 0 Å². The summed E-state index contributed by atoms with van der Waals surface area (Å²) >= 11 is 0. The van der Waals surface area contributed by atoms with E-state index in [0.717, 1.165) is 17.7 Å². The van der Waals surface area contributed by atoms with Gasteiger partial charge >= 0.3 is 0 Å². The summed E-state index contributed by atoms with van der Waals surface area (Å²) < 4.78 is 23.9. The zero-order valence-corrected chi connectivity index (χ0v) is 29.9. The molecule has 0 fully saturated rings. The highest BCUT2D eigenvalue weighted by Gasteiger charge is 2.35. The fourth-order valence-electron chi connectivity index (χ4n) is 7.65. The van der Waals surface area contributed by atoms with E-state index in [1.165, 1.54) is 11.1 Å². The molecule has 1 N–H and O–H groups in total. The number of aliphatic hydroxyl groups is 1. The lowest BCUT2D eigenvalue weighted by atomic mass is 9.94. The van der Waals surface area contributed by atoms with E-state index in [0.29, 0.717) is 76.4 Å². The monoisotopic (exact) mass is 722 g/mol. The van der Waals surface area contributed by atoms with Crippen LogP contribution in [0.1, 0.15) is 55.9 Å². The number of aliphatic imine (C=N–C) groups is 2. The quantitative estimate of drug-likeness (QED) is 0.203. The van der Waals surface area contributed by atoms with Crippen LogP contribution in [0.25, 0.3) is 0 Å². The van der Waals surface area contributed by atoms with Crippen molar-refractivity contribution >= 4 is 29.7 Å². The maximum absolute atomic E-state index is 13.8. The summed E-state index contributed by atoms with van der Waals surface area (Å²) in [6.45, 7) is 1.40. The van der Waals surface area contributed by atoms with Gasteiger partial charge in [-0.25, -0.2) is 0 Å². The van der Waals surface area contributed by atoms with E-state index in [4.69, 9.17) is 33.9 Å². The summed E-state index contributed by atoms with van der Waals surface area (Å²) in [5.41, 5.74) is 8.13. The van der Waals surface area contributed by atoms with Crippen molar-refractivity contribution in [3.05, 3.63) is 130 Å². The zero-order valence-electron chi connectivity index (χ0n) is 29.9. The number of fused-ring (bicyclic) bond motifs is 6. The van der Waals surface area contributed by atoms with Crippen LogP contribution >= 0.6 is 0 Å². The number of aromatic nitrogens is 2. The van der Waals surface area contributed by atoms with E-state index < -0.39 is 6.23 Å². The Labute approximate surface area is 312 Å². The fraction of sp³-hybridized carbons (Fsp3) is 0.262. The Morgan fingerprint density at radius 1 is 0.722 bits per heavy atom. The van der Waals surface area contributed by atoms with Crippen molar-refractivity contribution in [2.45, 2.75) is 57.5 Å². The van der Waals surface area contributed by atoms with Crippen LogP contribution in [-0.4, -0.2) is 69.5 Å². The molecule has 54 heavy (non-hydrogen) atoms. The van der Waals surface area contributed by atoms with Crippen LogP contribution in [0.15, 0.2) is 95.0 Å². The van der Waals surface area contributed by atoms with Crippen molar-refractivity contribution in [1.82, 2.24) is 19.8 Å². The van der Waals surface area contributed by atoms with Crippen molar-refractivity contribution in [1.29, 1.82) is 0 Å². The Morgan fingerprint density at radius 2 is 1.41 bits per heavy atom. The highest BCUT2D eigenvalue weighted by Crippen LogP contribution is 2.43. The maximum atomic E-state index is 13.8. The molecule has 1 amide bonds. The van der Waals surface area contributed by atoms with Gasteiger partial charge in [0.25, 0.3) is 5.91 Å². The highest BCUT2D eigenvalue weighted by molar-refractivity contribution is 6.03. The van der Waals surface area contributed by atoms with Crippen molar-refractivity contribution < 1.29 is 28.8 Å². The third-order valence-electron chi connectivity index (χ3n) is 10.5. The molecule has 5 aromatic rings. The summed E-state index contributed by atoms with van der Waals surface area (Å²) in [6.07, 6.45) is 6.04. The fourth-order valence-corrected chi connectivity index (χ4v) is 7.65. The Morgan fingerprint density at radius 3 is 2.19 bits per heavy atom. The molecule has 0 radical (unpaired) electrons. The summed E-state index contributed by atoms with van der Waals surface area (Å²) in [5.74, 6) is 1.75. The van der Waals surface area contributed by atoms with Crippen LogP contribution in [0.3, 0.4) is 0 Å². The van der Waals surface area contributed by atoms with Crippen molar-refractivity contribution in [2.75, 3.05) is 14.2 Å². The summed E-state index contributed by atoms with van der Waals surface area (Å²) in [5, 5.41) is 11.5. The summed E-state index contributed by atoms with van der Waals surface area (Å²) in [7, 11) is 3.13. The van der Waals surface area contributed by atoms with Crippen molar-refractivity contribution in [3.63, 3.8) is 0 Å². The first-order chi connectivity index (χ1) is 26.4. The Bertz CT molecular complexity index is 2330. The molecule has 3 aromatic carbocycles. The third kappa shape index (κ3) is 6.22. The minimum Gasteiger partial charge on any atom is -0.493 e. The first kappa shape index (κ1) is 33.7. The van der Waals surface area contributed by atoms with E-state index in [1.54, 1.807) is 38.6 Å². The number of methoxy groups -OCH3 is 2. The Balaban J connectivity index is 0.895. The number of amides is 1. The van der Waals surface area contributed by atoms with Crippen LogP contribution in [0.2, 0.25) is 0 Å². The minimum absolute atomic E-state index is 0.0358. The molecular weight excluding hydrogens is 684 g/mol. The predicted octanol–water partition coefficient (Wildman–Crippen LogP) is 6.07. The number of pyridine rings is 2. The number of rotatable bonds is 8. The van der Waals surface area contributed by atoms with Crippen LogP contribution in [-0.2, 0) is 39.1 Å². The molecular formula is C42H38N6O6. The van der Waals surface area contributed by atoms with Gasteiger partial charge in [-0.3, -0.25) is 29.6 Å². The Kier molecular flexibility index (Phi) is 8.76. The predicted molar refractivity (Wildman–Crippen MR) is 201 cm³/mol. The largest absolute Gasteiger partial charge is 0.493 e.